The van der Waals surface area contributed by atoms with Crippen LogP contribution in [0.4, 0.5) is 11.9 Å². The maximum Gasteiger partial charge on any atom is 0.323 e. The van der Waals surface area contributed by atoms with E-state index >= 15 is 0 Å². The van der Waals surface area contributed by atoms with Crippen LogP contribution in [0, 0.1) is 0 Å². The Morgan fingerprint density at radius 1 is 1.44 bits per heavy atom. The molecule has 0 atom stereocenters. The fourth-order valence-corrected chi connectivity index (χ4v) is 1.33. The van der Waals surface area contributed by atoms with Gasteiger partial charge in [0, 0.05) is 0 Å². The van der Waals surface area contributed by atoms with Crippen LogP contribution in [-0.4, -0.2) is 38.8 Å². The molecule has 0 spiro atoms. The van der Waals surface area contributed by atoms with Crippen molar-refractivity contribution in [3.8, 4) is 6.01 Å². The molecule has 1 aliphatic carbocycles. The molecular formula is C9H15N5O2. The zero-order chi connectivity index (χ0) is 11.6. The van der Waals surface area contributed by atoms with Crippen LogP contribution in [0.2, 0.25) is 0 Å². The second-order valence-electron chi connectivity index (χ2n) is 3.80. The Bertz CT molecular complexity index is 380. The van der Waals surface area contributed by atoms with Gasteiger partial charge in [-0.1, -0.05) is 0 Å². The van der Waals surface area contributed by atoms with Gasteiger partial charge in [-0.3, -0.25) is 0 Å². The molecule has 0 aromatic carbocycles. The highest BCUT2D eigenvalue weighted by Crippen LogP contribution is 2.37. The maximum absolute atomic E-state index is 9.16. The third-order valence-electron chi connectivity index (χ3n) is 2.44. The van der Waals surface area contributed by atoms with Crippen molar-refractivity contribution in [1.29, 1.82) is 0 Å². The molecule has 0 unspecified atom stereocenters. The zero-order valence-corrected chi connectivity index (χ0v) is 9.10. The summed E-state index contributed by atoms with van der Waals surface area (Å²) < 4.78 is 5.15. The van der Waals surface area contributed by atoms with Gasteiger partial charge in [-0.25, -0.2) is 0 Å². The molecule has 1 saturated carbocycles. The van der Waals surface area contributed by atoms with E-state index in [2.05, 4.69) is 20.3 Å². The van der Waals surface area contributed by atoms with Crippen molar-refractivity contribution in [2.45, 2.75) is 25.3 Å². The standard InChI is InChI=1S/C9H15N5O2/c1-2-16-8-12-6(10)11-7(13-8)14-9(5-15)3-4-9/h15H,2-5H2,1H3,(H3,10,11,12,13,14). The van der Waals surface area contributed by atoms with Crippen molar-refractivity contribution in [1.82, 2.24) is 15.0 Å². The van der Waals surface area contributed by atoms with E-state index in [0.717, 1.165) is 12.8 Å². The Kier molecular flexibility index (Phi) is 2.78. The first kappa shape index (κ1) is 10.9. The zero-order valence-electron chi connectivity index (χ0n) is 9.10. The lowest BCUT2D eigenvalue weighted by molar-refractivity contribution is 0.265. The highest BCUT2D eigenvalue weighted by atomic mass is 16.5. The number of hydrogen-bond donors (Lipinski definition) is 3. The van der Waals surface area contributed by atoms with Gasteiger partial charge in [0.25, 0.3) is 0 Å². The van der Waals surface area contributed by atoms with Crippen LogP contribution in [0.1, 0.15) is 19.8 Å². The summed E-state index contributed by atoms with van der Waals surface area (Å²) in [5.41, 5.74) is 5.25. The number of aromatic nitrogens is 3. The number of nitrogens with zero attached hydrogens (tertiary/aromatic N) is 3. The summed E-state index contributed by atoms with van der Waals surface area (Å²) >= 11 is 0. The van der Waals surface area contributed by atoms with Crippen molar-refractivity contribution in [2.24, 2.45) is 0 Å². The van der Waals surface area contributed by atoms with Crippen molar-refractivity contribution < 1.29 is 9.84 Å². The lowest BCUT2D eigenvalue weighted by Gasteiger charge is -2.14. The first-order chi connectivity index (χ1) is 7.67. The fourth-order valence-electron chi connectivity index (χ4n) is 1.33. The first-order valence-electron chi connectivity index (χ1n) is 5.21. The van der Waals surface area contributed by atoms with Gasteiger partial charge in [0.1, 0.15) is 0 Å². The topological polar surface area (TPSA) is 106 Å². The number of ether oxygens (including phenoxy) is 1. The molecule has 7 nitrogen and oxygen atoms in total. The number of aliphatic hydroxyl groups excluding tert-OH is 1. The molecule has 0 bridgehead atoms. The smallest absolute Gasteiger partial charge is 0.323 e. The average molecular weight is 225 g/mol. The van der Waals surface area contributed by atoms with Gasteiger partial charge in [0.2, 0.25) is 11.9 Å². The summed E-state index contributed by atoms with van der Waals surface area (Å²) in [4.78, 5) is 11.8. The number of anilines is 2. The number of rotatable bonds is 5. The molecule has 1 heterocycles. The molecule has 2 rings (SSSR count). The van der Waals surface area contributed by atoms with E-state index in [9.17, 15) is 0 Å². The average Bonchev–Trinajstić information content (AvgIpc) is 2.98. The van der Waals surface area contributed by atoms with Gasteiger partial charge in [0.15, 0.2) is 0 Å². The Balaban J connectivity index is 2.14. The Morgan fingerprint density at radius 2 is 2.19 bits per heavy atom. The van der Waals surface area contributed by atoms with Gasteiger partial charge in [0.05, 0.1) is 18.8 Å². The van der Waals surface area contributed by atoms with Gasteiger partial charge in [-0.15, -0.1) is 0 Å². The van der Waals surface area contributed by atoms with Crippen molar-refractivity contribution in [3.63, 3.8) is 0 Å². The molecule has 0 saturated heterocycles. The Morgan fingerprint density at radius 3 is 2.75 bits per heavy atom. The second kappa shape index (κ2) is 4.09. The molecule has 1 aromatic rings. The molecule has 1 fully saturated rings. The predicted molar refractivity (Wildman–Crippen MR) is 58.1 cm³/mol. The quantitative estimate of drug-likeness (QED) is 0.636. The van der Waals surface area contributed by atoms with Crippen molar-refractivity contribution >= 4 is 11.9 Å². The van der Waals surface area contributed by atoms with E-state index in [1.165, 1.54) is 0 Å². The third kappa shape index (κ3) is 2.30. The molecule has 7 heteroatoms. The van der Waals surface area contributed by atoms with E-state index in [-0.39, 0.29) is 24.1 Å². The molecule has 16 heavy (non-hydrogen) atoms. The fraction of sp³-hybridized carbons (Fsp3) is 0.667. The monoisotopic (exact) mass is 225 g/mol. The van der Waals surface area contributed by atoms with Crippen LogP contribution in [0.5, 0.6) is 6.01 Å². The summed E-state index contributed by atoms with van der Waals surface area (Å²) in [6, 6.07) is 0.200. The molecule has 0 amide bonds. The molecule has 1 aliphatic rings. The van der Waals surface area contributed by atoms with Crippen LogP contribution in [0.3, 0.4) is 0 Å². The highest BCUT2D eigenvalue weighted by molar-refractivity contribution is 5.38. The summed E-state index contributed by atoms with van der Waals surface area (Å²) in [6.07, 6.45) is 1.80. The van der Waals surface area contributed by atoms with E-state index in [0.29, 0.717) is 12.6 Å². The van der Waals surface area contributed by atoms with Crippen LogP contribution in [0.15, 0.2) is 0 Å². The van der Waals surface area contributed by atoms with E-state index in [4.69, 9.17) is 15.6 Å². The van der Waals surface area contributed by atoms with Crippen LogP contribution in [-0.2, 0) is 0 Å². The van der Waals surface area contributed by atoms with E-state index in [1.54, 1.807) is 0 Å². The maximum atomic E-state index is 9.16. The minimum absolute atomic E-state index is 0.0581. The molecule has 1 aromatic heterocycles. The van der Waals surface area contributed by atoms with E-state index in [1.807, 2.05) is 6.92 Å². The number of aliphatic hydroxyl groups is 1. The van der Waals surface area contributed by atoms with Gasteiger partial charge < -0.3 is 20.9 Å². The summed E-state index contributed by atoms with van der Waals surface area (Å²) in [6.45, 7) is 2.36. The minimum atomic E-state index is -0.280. The number of nitrogens with two attached hydrogens (primary N) is 1. The number of nitrogen functional groups attached to an aromatic ring is 1. The lowest BCUT2D eigenvalue weighted by Crippen LogP contribution is -2.27. The minimum Gasteiger partial charge on any atom is -0.464 e. The van der Waals surface area contributed by atoms with Crippen LogP contribution >= 0.6 is 0 Å². The highest BCUT2D eigenvalue weighted by Gasteiger charge is 2.42. The van der Waals surface area contributed by atoms with Crippen molar-refractivity contribution in [2.75, 3.05) is 24.3 Å². The molecule has 88 valence electrons. The van der Waals surface area contributed by atoms with Crippen LogP contribution in [0.25, 0.3) is 0 Å². The summed E-state index contributed by atoms with van der Waals surface area (Å²) in [7, 11) is 0. The Labute approximate surface area is 93.1 Å². The normalized spacial score (nSPS) is 16.9. The van der Waals surface area contributed by atoms with Crippen LogP contribution < -0.4 is 15.8 Å². The lowest BCUT2D eigenvalue weighted by atomic mass is 10.3. The Hall–Kier alpha value is -1.63. The predicted octanol–water partition coefficient (Wildman–Crippen LogP) is -0.211. The van der Waals surface area contributed by atoms with Gasteiger partial charge in [-0.05, 0) is 19.8 Å². The number of hydrogen-bond acceptors (Lipinski definition) is 7. The molecule has 0 radical (unpaired) electrons. The van der Waals surface area contributed by atoms with Gasteiger partial charge >= 0.3 is 6.01 Å². The molecular weight excluding hydrogens is 210 g/mol. The first-order valence-corrected chi connectivity index (χ1v) is 5.21. The molecule has 0 aliphatic heterocycles. The summed E-state index contributed by atoms with van der Waals surface area (Å²) in [5, 5.41) is 12.2. The second-order valence-corrected chi connectivity index (χ2v) is 3.80. The molecule has 4 N–H and O–H groups in total. The largest absolute Gasteiger partial charge is 0.464 e. The van der Waals surface area contributed by atoms with Gasteiger partial charge in [-0.2, -0.15) is 15.0 Å². The third-order valence-corrected chi connectivity index (χ3v) is 2.44. The summed E-state index contributed by atoms with van der Waals surface area (Å²) in [5.74, 6) is 0.456. The van der Waals surface area contributed by atoms with Crippen molar-refractivity contribution in [3.05, 3.63) is 0 Å². The number of nitrogens with one attached hydrogen (secondary N) is 1. The van der Waals surface area contributed by atoms with E-state index < -0.39 is 0 Å². The SMILES string of the molecule is CCOc1nc(N)nc(NC2(CO)CC2)n1.